The molecule has 0 aliphatic heterocycles. The topological polar surface area (TPSA) is 54.4 Å². The Balaban J connectivity index is 3.52. The van der Waals surface area contributed by atoms with Crippen molar-refractivity contribution in [2.24, 2.45) is 0 Å². The Hall–Kier alpha value is -1.01. The van der Waals surface area contributed by atoms with E-state index in [0.29, 0.717) is 0 Å². The van der Waals surface area contributed by atoms with E-state index in [9.17, 15) is 17.2 Å². The van der Waals surface area contributed by atoms with Gasteiger partial charge in [-0.1, -0.05) is 0 Å². The number of halogens is 2. The van der Waals surface area contributed by atoms with E-state index in [1.807, 2.05) is 0 Å². The number of aliphatic hydroxyl groups excluding tert-OH is 1. The Bertz CT molecular complexity index is 454. The highest BCUT2D eigenvalue weighted by atomic mass is 32.2. The average molecular weight is 222 g/mol. The lowest BCUT2D eigenvalue weighted by Crippen LogP contribution is -2.05. The molecule has 0 spiro atoms. The molecule has 0 aromatic heterocycles. The van der Waals surface area contributed by atoms with Gasteiger partial charge in [-0.05, 0) is 12.1 Å². The number of rotatable bonds is 2. The highest BCUT2D eigenvalue weighted by molar-refractivity contribution is 7.90. The second kappa shape index (κ2) is 3.62. The summed E-state index contributed by atoms with van der Waals surface area (Å²) in [6.07, 6.45) is 0.810. The molecule has 0 bridgehead atoms. The van der Waals surface area contributed by atoms with Gasteiger partial charge in [-0.3, -0.25) is 0 Å². The lowest BCUT2D eigenvalue weighted by atomic mass is 10.2. The standard InChI is InChI=1S/C8H8F2O3S/c1-14(12,13)7-3-2-6(9)5(4-11)8(7)10/h2-3,11H,4H2,1H3. The maximum Gasteiger partial charge on any atom is 0.178 e. The first-order valence-electron chi connectivity index (χ1n) is 3.65. The minimum atomic E-state index is -3.74. The molecule has 78 valence electrons. The van der Waals surface area contributed by atoms with E-state index in [-0.39, 0.29) is 0 Å². The summed E-state index contributed by atoms with van der Waals surface area (Å²) in [6.45, 7) is -0.874. The van der Waals surface area contributed by atoms with Gasteiger partial charge in [-0.25, -0.2) is 17.2 Å². The van der Waals surface area contributed by atoms with Gasteiger partial charge in [-0.15, -0.1) is 0 Å². The van der Waals surface area contributed by atoms with Gasteiger partial charge >= 0.3 is 0 Å². The second-order valence-electron chi connectivity index (χ2n) is 2.77. The normalized spacial score (nSPS) is 11.7. The summed E-state index contributed by atoms with van der Waals surface area (Å²) in [5.74, 6) is -2.19. The van der Waals surface area contributed by atoms with E-state index in [1.165, 1.54) is 0 Å². The fourth-order valence-electron chi connectivity index (χ4n) is 1.01. The van der Waals surface area contributed by atoms with Crippen LogP contribution < -0.4 is 0 Å². The number of hydrogen-bond acceptors (Lipinski definition) is 3. The van der Waals surface area contributed by atoms with Crippen molar-refractivity contribution in [2.45, 2.75) is 11.5 Å². The van der Waals surface area contributed by atoms with Gasteiger partial charge in [0.2, 0.25) is 0 Å². The van der Waals surface area contributed by atoms with Gasteiger partial charge in [0.15, 0.2) is 9.84 Å². The summed E-state index contributed by atoms with van der Waals surface area (Å²) >= 11 is 0. The first-order valence-corrected chi connectivity index (χ1v) is 5.55. The molecular weight excluding hydrogens is 214 g/mol. The highest BCUT2D eigenvalue weighted by Gasteiger charge is 2.19. The summed E-state index contributed by atoms with van der Waals surface area (Å²) in [7, 11) is -3.74. The molecule has 0 heterocycles. The molecular formula is C8H8F2O3S. The van der Waals surface area contributed by atoms with Crippen molar-refractivity contribution in [3.05, 3.63) is 29.3 Å². The van der Waals surface area contributed by atoms with Crippen molar-refractivity contribution in [1.82, 2.24) is 0 Å². The van der Waals surface area contributed by atoms with Crippen molar-refractivity contribution in [3.63, 3.8) is 0 Å². The largest absolute Gasteiger partial charge is 0.391 e. The molecule has 1 rings (SSSR count). The van der Waals surface area contributed by atoms with E-state index in [1.54, 1.807) is 0 Å². The minimum absolute atomic E-state index is 0.608. The Morgan fingerprint density at radius 1 is 1.36 bits per heavy atom. The molecule has 3 nitrogen and oxygen atoms in total. The first-order chi connectivity index (χ1) is 6.38. The second-order valence-corrected chi connectivity index (χ2v) is 4.75. The SMILES string of the molecule is CS(=O)(=O)c1ccc(F)c(CO)c1F. The predicted molar refractivity (Wildman–Crippen MR) is 45.4 cm³/mol. The summed E-state index contributed by atoms with van der Waals surface area (Å²) < 4.78 is 48.1. The zero-order valence-corrected chi connectivity index (χ0v) is 8.11. The molecule has 0 aliphatic carbocycles. The molecule has 1 N–H and O–H groups in total. The van der Waals surface area contributed by atoms with Crippen LogP contribution in [0.4, 0.5) is 8.78 Å². The van der Waals surface area contributed by atoms with Crippen molar-refractivity contribution in [1.29, 1.82) is 0 Å². The Morgan fingerprint density at radius 2 is 1.93 bits per heavy atom. The lowest BCUT2D eigenvalue weighted by Gasteiger charge is -2.05. The van der Waals surface area contributed by atoms with Crippen molar-refractivity contribution in [2.75, 3.05) is 6.26 Å². The van der Waals surface area contributed by atoms with Gasteiger partial charge in [0.05, 0.1) is 12.2 Å². The maximum atomic E-state index is 13.3. The molecule has 0 unspecified atom stereocenters. The Kier molecular flexibility index (Phi) is 2.86. The maximum absolute atomic E-state index is 13.3. The molecule has 0 saturated heterocycles. The van der Waals surface area contributed by atoms with Crippen LogP contribution in [0.15, 0.2) is 17.0 Å². The van der Waals surface area contributed by atoms with Crippen LogP contribution in [-0.4, -0.2) is 19.8 Å². The van der Waals surface area contributed by atoms with Crippen molar-refractivity contribution in [3.8, 4) is 0 Å². The average Bonchev–Trinajstić information content (AvgIpc) is 2.02. The fraction of sp³-hybridized carbons (Fsp3) is 0.250. The van der Waals surface area contributed by atoms with Crippen LogP contribution in [0.2, 0.25) is 0 Å². The third-order valence-electron chi connectivity index (χ3n) is 1.71. The third kappa shape index (κ3) is 1.91. The summed E-state index contributed by atoms with van der Waals surface area (Å²) in [4.78, 5) is -0.608. The minimum Gasteiger partial charge on any atom is -0.391 e. The van der Waals surface area contributed by atoms with Crippen LogP contribution in [0, 0.1) is 11.6 Å². The number of benzene rings is 1. The van der Waals surface area contributed by atoms with Crippen molar-refractivity contribution < 1.29 is 22.3 Å². The Morgan fingerprint density at radius 3 is 2.36 bits per heavy atom. The van der Waals surface area contributed by atoms with Crippen LogP contribution >= 0.6 is 0 Å². The van der Waals surface area contributed by atoms with E-state index in [2.05, 4.69) is 0 Å². The monoisotopic (exact) mass is 222 g/mol. The number of sulfone groups is 1. The van der Waals surface area contributed by atoms with E-state index < -0.39 is 38.5 Å². The van der Waals surface area contributed by atoms with Crippen LogP contribution in [-0.2, 0) is 16.4 Å². The molecule has 6 heteroatoms. The van der Waals surface area contributed by atoms with Gasteiger partial charge in [-0.2, -0.15) is 0 Å². The van der Waals surface area contributed by atoms with Crippen LogP contribution in [0.25, 0.3) is 0 Å². The van der Waals surface area contributed by atoms with E-state index in [4.69, 9.17) is 5.11 Å². The quantitative estimate of drug-likeness (QED) is 0.755. The molecule has 0 amide bonds. The van der Waals surface area contributed by atoms with Crippen LogP contribution in [0.3, 0.4) is 0 Å². The predicted octanol–water partition coefficient (Wildman–Crippen LogP) is 0.861. The first kappa shape index (κ1) is 11.1. The Labute approximate surface area is 79.9 Å². The smallest absolute Gasteiger partial charge is 0.178 e. The van der Waals surface area contributed by atoms with Crippen molar-refractivity contribution >= 4 is 9.84 Å². The fourth-order valence-corrected chi connectivity index (χ4v) is 1.77. The van der Waals surface area contributed by atoms with E-state index in [0.717, 1.165) is 18.4 Å². The van der Waals surface area contributed by atoms with Crippen LogP contribution in [0.1, 0.15) is 5.56 Å². The summed E-state index contributed by atoms with van der Waals surface area (Å²) in [6, 6.07) is 1.64. The molecule has 14 heavy (non-hydrogen) atoms. The molecule has 1 aromatic carbocycles. The molecule has 0 atom stereocenters. The lowest BCUT2D eigenvalue weighted by molar-refractivity contribution is 0.267. The molecule has 0 aliphatic rings. The van der Waals surface area contributed by atoms with Gasteiger partial charge in [0.1, 0.15) is 16.5 Å². The zero-order valence-electron chi connectivity index (χ0n) is 7.29. The summed E-state index contributed by atoms with van der Waals surface area (Å²) in [5.41, 5.74) is -0.632. The molecule has 0 radical (unpaired) electrons. The number of hydrogen-bond donors (Lipinski definition) is 1. The molecule has 0 saturated carbocycles. The molecule has 1 aromatic rings. The van der Waals surface area contributed by atoms with Gasteiger partial charge < -0.3 is 5.11 Å². The van der Waals surface area contributed by atoms with E-state index >= 15 is 0 Å². The zero-order chi connectivity index (χ0) is 10.9. The van der Waals surface area contributed by atoms with Gasteiger partial charge in [0, 0.05) is 6.26 Å². The van der Waals surface area contributed by atoms with Crippen LogP contribution in [0.5, 0.6) is 0 Å². The summed E-state index contributed by atoms with van der Waals surface area (Å²) in [5, 5.41) is 8.61. The number of aliphatic hydroxyl groups is 1. The highest BCUT2D eigenvalue weighted by Crippen LogP contribution is 2.20. The third-order valence-corrected chi connectivity index (χ3v) is 2.82. The van der Waals surface area contributed by atoms with Gasteiger partial charge in [0.25, 0.3) is 0 Å². The molecule has 0 fully saturated rings.